The molecule has 1 aromatic carbocycles. The van der Waals surface area contributed by atoms with Crippen LogP contribution in [0.2, 0.25) is 0 Å². The zero-order valence-electron chi connectivity index (χ0n) is 18.3. The standard InChI is InChI=1S/C24H21F2N3O5/c1-33-24(32)22-19-6-9-28(23(31)17-3-2-16(25)12-18(17)26)10-11-29(19)21(30)13-20(22)34-14-15-4-7-27-8-5-15/h2-5,7-8,12-13H,6,9-11,14H2,1H3. The summed E-state index contributed by atoms with van der Waals surface area (Å²) in [5.41, 5.74) is 0.570. The molecule has 176 valence electrons. The summed E-state index contributed by atoms with van der Waals surface area (Å²) >= 11 is 0. The molecule has 3 heterocycles. The molecule has 0 bridgehead atoms. The van der Waals surface area contributed by atoms with E-state index in [1.54, 1.807) is 24.5 Å². The van der Waals surface area contributed by atoms with Crippen molar-refractivity contribution in [2.75, 3.05) is 20.2 Å². The Morgan fingerprint density at radius 3 is 2.53 bits per heavy atom. The van der Waals surface area contributed by atoms with Crippen molar-refractivity contribution in [3.05, 3.63) is 93.2 Å². The lowest BCUT2D eigenvalue weighted by Crippen LogP contribution is -2.34. The van der Waals surface area contributed by atoms with Crippen molar-refractivity contribution in [2.24, 2.45) is 0 Å². The highest BCUT2D eigenvalue weighted by molar-refractivity contribution is 5.95. The predicted octanol–water partition coefficient (Wildman–Crippen LogP) is 2.59. The summed E-state index contributed by atoms with van der Waals surface area (Å²) in [6.07, 6.45) is 3.32. The summed E-state index contributed by atoms with van der Waals surface area (Å²) in [7, 11) is 1.22. The molecule has 34 heavy (non-hydrogen) atoms. The van der Waals surface area contributed by atoms with E-state index in [9.17, 15) is 23.2 Å². The molecule has 0 N–H and O–H groups in total. The molecule has 0 saturated heterocycles. The second-order valence-electron chi connectivity index (χ2n) is 7.62. The van der Waals surface area contributed by atoms with Gasteiger partial charge in [0.25, 0.3) is 11.5 Å². The number of benzene rings is 1. The van der Waals surface area contributed by atoms with Gasteiger partial charge in [-0.3, -0.25) is 14.6 Å². The largest absolute Gasteiger partial charge is 0.488 e. The summed E-state index contributed by atoms with van der Waals surface area (Å²) in [6.45, 7) is 0.383. The zero-order valence-corrected chi connectivity index (χ0v) is 18.3. The highest BCUT2D eigenvalue weighted by Gasteiger charge is 2.28. The van der Waals surface area contributed by atoms with Crippen molar-refractivity contribution in [3.8, 4) is 5.75 Å². The molecule has 1 aliphatic heterocycles. The van der Waals surface area contributed by atoms with Crippen molar-refractivity contribution in [2.45, 2.75) is 19.6 Å². The fourth-order valence-corrected chi connectivity index (χ4v) is 3.86. The Morgan fingerprint density at radius 2 is 1.82 bits per heavy atom. The van der Waals surface area contributed by atoms with Crippen molar-refractivity contribution in [1.29, 1.82) is 0 Å². The minimum absolute atomic E-state index is 0.0734. The summed E-state index contributed by atoms with van der Waals surface area (Å²) in [5, 5.41) is 0. The van der Waals surface area contributed by atoms with E-state index in [2.05, 4.69) is 4.98 Å². The highest BCUT2D eigenvalue weighted by atomic mass is 19.1. The maximum Gasteiger partial charge on any atom is 0.343 e. The molecule has 10 heteroatoms. The molecule has 0 saturated carbocycles. The van der Waals surface area contributed by atoms with Gasteiger partial charge >= 0.3 is 5.97 Å². The second kappa shape index (κ2) is 9.82. The summed E-state index contributed by atoms with van der Waals surface area (Å²) in [5.74, 6) is -2.99. The first-order valence-electron chi connectivity index (χ1n) is 10.5. The molecule has 0 unspecified atom stereocenters. The van der Waals surface area contributed by atoms with Crippen molar-refractivity contribution in [1.82, 2.24) is 14.5 Å². The molecule has 0 fully saturated rings. The van der Waals surface area contributed by atoms with Crippen molar-refractivity contribution in [3.63, 3.8) is 0 Å². The van der Waals surface area contributed by atoms with Crippen LogP contribution in [0.4, 0.5) is 8.78 Å². The Hall–Kier alpha value is -4.08. The highest BCUT2D eigenvalue weighted by Crippen LogP contribution is 2.25. The van der Waals surface area contributed by atoms with Gasteiger partial charge in [0.2, 0.25) is 0 Å². The van der Waals surface area contributed by atoms with Crippen LogP contribution in [0.1, 0.15) is 32.0 Å². The number of carbonyl (C=O) groups excluding carboxylic acids is 2. The molecule has 3 aromatic rings. The van der Waals surface area contributed by atoms with Gasteiger partial charge in [0.05, 0.1) is 12.7 Å². The normalized spacial score (nSPS) is 13.1. The molecule has 0 atom stereocenters. The lowest BCUT2D eigenvalue weighted by Gasteiger charge is -2.20. The minimum atomic E-state index is -0.967. The van der Waals surface area contributed by atoms with E-state index >= 15 is 0 Å². The third-order valence-electron chi connectivity index (χ3n) is 5.58. The van der Waals surface area contributed by atoms with Gasteiger partial charge in [0, 0.05) is 56.3 Å². The second-order valence-corrected chi connectivity index (χ2v) is 7.62. The first-order valence-corrected chi connectivity index (χ1v) is 10.5. The van der Waals surface area contributed by atoms with Gasteiger partial charge in [0.1, 0.15) is 29.6 Å². The third-order valence-corrected chi connectivity index (χ3v) is 5.58. The number of hydrogen-bond acceptors (Lipinski definition) is 6. The van der Waals surface area contributed by atoms with E-state index in [1.807, 2.05) is 0 Å². The molecule has 4 rings (SSSR count). The number of esters is 1. The summed E-state index contributed by atoms with van der Waals surface area (Å²) in [4.78, 5) is 43.7. The number of hydrogen-bond donors (Lipinski definition) is 0. The number of nitrogens with zero attached hydrogens (tertiary/aromatic N) is 3. The number of halogens is 2. The van der Waals surface area contributed by atoms with Gasteiger partial charge in [-0.25, -0.2) is 13.6 Å². The molecule has 8 nitrogen and oxygen atoms in total. The molecule has 0 aliphatic carbocycles. The topological polar surface area (TPSA) is 90.7 Å². The number of aromatic nitrogens is 2. The first kappa shape index (κ1) is 23.1. The van der Waals surface area contributed by atoms with Gasteiger partial charge in [-0.1, -0.05) is 0 Å². The monoisotopic (exact) mass is 469 g/mol. The fourth-order valence-electron chi connectivity index (χ4n) is 3.86. The van der Waals surface area contributed by atoms with Crippen molar-refractivity contribution < 1.29 is 27.8 Å². The van der Waals surface area contributed by atoms with Crippen LogP contribution < -0.4 is 10.3 Å². The Bertz CT molecular complexity index is 1290. The van der Waals surface area contributed by atoms with Crippen molar-refractivity contribution >= 4 is 11.9 Å². The van der Waals surface area contributed by atoms with E-state index in [0.29, 0.717) is 11.8 Å². The summed E-state index contributed by atoms with van der Waals surface area (Å²) in [6, 6.07) is 7.44. The number of fused-ring (bicyclic) bond motifs is 1. The lowest BCUT2D eigenvalue weighted by atomic mass is 10.1. The number of methoxy groups -OCH3 is 1. The van der Waals surface area contributed by atoms with Crippen LogP contribution in [0.3, 0.4) is 0 Å². The van der Waals surface area contributed by atoms with E-state index in [-0.39, 0.29) is 49.5 Å². The van der Waals surface area contributed by atoms with Crippen LogP contribution in [0.15, 0.2) is 53.6 Å². The maximum absolute atomic E-state index is 14.2. The molecule has 0 spiro atoms. The van der Waals surface area contributed by atoms with Crippen LogP contribution in [-0.4, -0.2) is 46.5 Å². The van der Waals surface area contributed by atoms with E-state index in [1.165, 1.54) is 22.6 Å². The smallest absolute Gasteiger partial charge is 0.343 e. The SMILES string of the molecule is COC(=O)c1c(OCc2ccncc2)cc(=O)n2c1CCN(C(=O)c1ccc(F)cc1F)CC2. The number of ether oxygens (including phenoxy) is 2. The van der Waals surface area contributed by atoms with Gasteiger partial charge in [0.15, 0.2) is 0 Å². The molecule has 1 aliphatic rings. The third kappa shape index (κ3) is 4.66. The van der Waals surface area contributed by atoms with E-state index in [0.717, 1.165) is 17.7 Å². The molecular weight excluding hydrogens is 448 g/mol. The average molecular weight is 469 g/mol. The van der Waals surface area contributed by atoms with Gasteiger partial charge in [-0.2, -0.15) is 0 Å². The number of rotatable bonds is 5. The van der Waals surface area contributed by atoms with Crippen LogP contribution >= 0.6 is 0 Å². The molecule has 2 aromatic heterocycles. The van der Waals surface area contributed by atoms with Gasteiger partial charge in [-0.05, 0) is 29.8 Å². The van der Waals surface area contributed by atoms with Crippen LogP contribution in [0, 0.1) is 11.6 Å². The number of carbonyl (C=O) groups is 2. The number of pyridine rings is 2. The van der Waals surface area contributed by atoms with Crippen LogP contribution in [-0.2, 0) is 24.3 Å². The zero-order chi connectivity index (χ0) is 24.2. The molecule has 1 amide bonds. The summed E-state index contributed by atoms with van der Waals surface area (Å²) < 4.78 is 39.5. The van der Waals surface area contributed by atoms with Crippen LogP contribution in [0.5, 0.6) is 5.75 Å². The Morgan fingerprint density at radius 1 is 1.06 bits per heavy atom. The quantitative estimate of drug-likeness (QED) is 0.534. The van der Waals surface area contributed by atoms with Gasteiger partial charge < -0.3 is 18.9 Å². The van der Waals surface area contributed by atoms with E-state index in [4.69, 9.17) is 9.47 Å². The first-order chi connectivity index (χ1) is 16.4. The van der Waals surface area contributed by atoms with E-state index < -0.39 is 29.1 Å². The molecular formula is C24H21F2N3O5. The predicted molar refractivity (Wildman–Crippen MR) is 117 cm³/mol. The number of amides is 1. The fraction of sp³-hybridized carbons (Fsp3) is 0.250. The van der Waals surface area contributed by atoms with Gasteiger partial charge in [-0.15, -0.1) is 0 Å². The Balaban J connectivity index is 1.65. The minimum Gasteiger partial charge on any atom is -0.488 e. The maximum atomic E-state index is 14.2. The lowest BCUT2D eigenvalue weighted by molar-refractivity contribution is 0.0592. The van der Waals surface area contributed by atoms with Crippen LogP contribution in [0.25, 0.3) is 0 Å². The average Bonchev–Trinajstić information content (AvgIpc) is 3.06. The Kier molecular flexibility index (Phi) is 6.67. The molecule has 0 radical (unpaired) electrons. The Labute approximate surface area is 193 Å².